The summed E-state index contributed by atoms with van der Waals surface area (Å²) in [6, 6.07) is 0. The van der Waals surface area contributed by atoms with Crippen molar-refractivity contribution in [3.8, 4) is 0 Å². The fourth-order valence-corrected chi connectivity index (χ4v) is 0.344. The molecule has 0 aromatic rings. The minimum atomic E-state index is -0.305. The molecule has 0 aromatic carbocycles. The van der Waals surface area contributed by atoms with Crippen LogP contribution in [-0.2, 0) is 9.53 Å². The summed E-state index contributed by atoms with van der Waals surface area (Å²) in [5.41, 5.74) is 0.946. The smallest absolute Gasteiger partial charge is 0.307 e. The monoisotopic (exact) mass is 140 g/mol. The Labute approximate surface area is 61.2 Å². The molecule has 0 aliphatic rings. The lowest BCUT2D eigenvalue weighted by Crippen LogP contribution is -1.89. The molecule has 0 heterocycles. The van der Waals surface area contributed by atoms with Crippen molar-refractivity contribution in [2.24, 2.45) is 0 Å². The van der Waals surface area contributed by atoms with E-state index < -0.39 is 0 Å². The van der Waals surface area contributed by atoms with Crippen LogP contribution in [0.2, 0.25) is 0 Å². The van der Waals surface area contributed by atoms with Crippen LogP contribution in [0, 0.1) is 0 Å². The number of ether oxygens (including phenoxy) is 1. The molecule has 0 N–H and O–H groups in total. The van der Waals surface area contributed by atoms with Crippen LogP contribution in [-0.4, -0.2) is 5.97 Å². The first kappa shape index (κ1) is 8.95. The van der Waals surface area contributed by atoms with Crippen molar-refractivity contribution in [2.45, 2.75) is 20.3 Å². The van der Waals surface area contributed by atoms with Gasteiger partial charge in [0.2, 0.25) is 0 Å². The lowest BCUT2D eigenvalue weighted by atomic mass is 10.2. The highest BCUT2D eigenvalue weighted by Crippen LogP contribution is 1.97. The van der Waals surface area contributed by atoms with E-state index in [9.17, 15) is 4.79 Å². The zero-order valence-corrected chi connectivity index (χ0v) is 6.39. The number of carbonyl (C=O) groups is 1. The molecule has 10 heavy (non-hydrogen) atoms. The first-order valence-corrected chi connectivity index (χ1v) is 3.18. The summed E-state index contributed by atoms with van der Waals surface area (Å²) in [6.07, 6.45) is 3.91. The molecule has 0 aliphatic heterocycles. The van der Waals surface area contributed by atoms with Crippen molar-refractivity contribution in [2.75, 3.05) is 0 Å². The van der Waals surface area contributed by atoms with Crippen LogP contribution in [0.15, 0.2) is 24.5 Å². The van der Waals surface area contributed by atoms with Crippen molar-refractivity contribution >= 4 is 5.97 Å². The molecule has 0 aliphatic carbocycles. The molecule has 56 valence electrons. The van der Waals surface area contributed by atoms with E-state index in [1.165, 1.54) is 13.2 Å². The van der Waals surface area contributed by atoms with E-state index in [0.717, 1.165) is 12.0 Å². The Kier molecular flexibility index (Phi) is 4.29. The molecular formula is C8H12O2. The van der Waals surface area contributed by atoms with Crippen LogP contribution in [0.3, 0.4) is 0 Å². The lowest BCUT2D eigenvalue weighted by Gasteiger charge is -1.91. The molecule has 2 heteroatoms. The summed E-state index contributed by atoms with van der Waals surface area (Å²) in [6.45, 7) is 7.04. The highest BCUT2D eigenvalue weighted by molar-refractivity contribution is 5.66. The predicted molar refractivity (Wildman–Crippen MR) is 40.3 cm³/mol. The molecule has 0 unspecified atom stereocenters. The SMILES string of the molecule is C=C(C=COC(C)=O)CC. The number of hydrogen-bond donors (Lipinski definition) is 0. The zero-order valence-electron chi connectivity index (χ0n) is 6.39. The van der Waals surface area contributed by atoms with Gasteiger partial charge in [0.05, 0.1) is 6.26 Å². The maximum Gasteiger partial charge on any atom is 0.307 e. The topological polar surface area (TPSA) is 26.3 Å². The summed E-state index contributed by atoms with van der Waals surface area (Å²) in [4.78, 5) is 10.2. The quantitative estimate of drug-likeness (QED) is 0.340. The number of esters is 1. The van der Waals surface area contributed by atoms with Gasteiger partial charge in [-0.3, -0.25) is 4.79 Å². The van der Waals surface area contributed by atoms with Gasteiger partial charge in [0, 0.05) is 6.92 Å². The average Bonchev–Trinajstić information content (AvgIpc) is 1.87. The van der Waals surface area contributed by atoms with Crippen LogP contribution in [0.25, 0.3) is 0 Å². The first-order valence-electron chi connectivity index (χ1n) is 3.18. The Bertz CT molecular complexity index is 157. The lowest BCUT2D eigenvalue weighted by molar-refractivity contribution is -0.135. The molecule has 0 saturated heterocycles. The van der Waals surface area contributed by atoms with Crippen LogP contribution in [0.1, 0.15) is 20.3 Å². The third kappa shape index (κ3) is 5.09. The Hall–Kier alpha value is -1.05. The van der Waals surface area contributed by atoms with Gasteiger partial charge in [0.1, 0.15) is 0 Å². The van der Waals surface area contributed by atoms with Crippen molar-refractivity contribution in [1.29, 1.82) is 0 Å². The van der Waals surface area contributed by atoms with Gasteiger partial charge in [0.25, 0.3) is 0 Å². The Morgan fingerprint density at radius 2 is 2.30 bits per heavy atom. The predicted octanol–water partition coefficient (Wildman–Crippen LogP) is 2.03. The normalized spacial score (nSPS) is 9.80. The second-order valence-electron chi connectivity index (χ2n) is 1.92. The molecule has 0 radical (unpaired) electrons. The van der Waals surface area contributed by atoms with Gasteiger partial charge in [-0.2, -0.15) is 0 Å². The van der Waals surface area contributed by atoms with Gasteiger partial charge in [-0.05, 0) is 12.5 Å². The van der Waals surface area contributed by atoms with Gasteiger partial charge in [-0.15, -0.1) is 0 Å². The second-order valence-corrected chi connectivity index (χ2v) is 1.92. The standard InChI is InChI=1S/C8H12O2/c1-4-7(2)5-6-10-8(3)9/h5-6H,2,4H2,1,3H3. The molecule has 0 spiro atoms. The van der Waals surface area contributed by atoms with E-state index in [0.29, 0.717) is 0 Å². The molecule has 0 bridgehead atoms. The molecular weight excluding hydrogens is 128 g/mol. The zero-order chi connectivity index (χ0) is 7.98. The van der Waals surface area contributed by atoms with Gasteiger partial charge >= 0.3 is 5.97 Å². The third-order valence-corrected chi connectivity index (χ3v) is 0.992. The van der Waals surface area contributed by atoms with E-state index in [1.54, 1.807) is 6.08 Å². The van der Waals surface area contributed by atoms with Crippen molar-refractivity contribution in [3.05, 3.63) is 24.5 Å². The summed E-state index contributed by atoms with van der Waals surface area (Å²) in [5.74, 6) is -0.305. The maximum atomic E-state index is 10.2. The van der Waals surface area contributed by atoms with E-state index in [1.807, 2.05) is 6.92 Å². The fraction of sp³-hybridized carbons (Fsp3) is 0.375. The van der Waals surface area contributed by atoms with Crippen LogP contribution >= 0.6 is 0 Å². The first-order chi connectivity index (χ1) is 4.66. The number of carbonyl (C=O) groups excluding carboxylic acids is 1. The molecule has 0 fully saturated rings. The molecule has 0 saturated carbocycles. The number of allylic oxidation sites excluding steroid dienone is 2. The Morgan fingerprint density at radius 3 is 2.70 bits per heavy atom. The summed E-state index contributed by atoms with van der Waals surface area (Å²) >= 11 is 0. The van der Waals surface area contributed by atoms with Gasteiger partial charge in [0.15, 0.2) is 0 Å². The highest BCUT2D eigenvalue weighted by atomic mass is 16.5. The van der Waals surface area contributed by atoms with Crippen LogP contribution in [0.4, 0.5) is 0 Å². The van der Waals surface area contributed by atoms with Gasteiger partial charge < -0.3 is 4.74 Å². The van der Waals surface area contributed by atoms with Crippen molar-refractivity contribution in [1.82, 2.24) is 0 Å². The Balaban J connectivity index is 3.56. The Morgan fingerprint density at radius 1 is 1.70 bits per heavy atom. The van der Waals surface area contributed by atoms with Gasteiger partial charge in [-0.25, -0.2) is 0 Å². The van der Waals surface area contributed by atoms with Crippen LogP contribution in [0.5, 0.6) is 0 Å². The van der Waals surface area contributed by atoms with Crippen LogP contribution < -0.4 is 0 Å². The third-order valence-electron chi connectivity index (χ3n) is 0.992. The second kappa shape index (κ2) is 4.79. The molecule has 0 rings (SSSR count). The van der Waals surface area contributed by atoms with E-state index in [4.69, 9.17) is 0 Å². The molecule has 0 aromatic heterocycles. The summed E-state index contributed by atoms with van der Waals surface area (Å²) < 4.78 is 4.53. The van der Waals surface area contributed by atoms with E-state index in [2.05, 4.69) is 11.3 Å². The highest BCUT2D eigenvalue weighted by Gasteiger charge is 1.85. The number of rotatable bonds is 3. The van der Waals surface area contributed by atoms with Crippen molar-refractivity contribution < 1.29 is 9.53 Å². The molecule has 0 amide bonds. The molecule has 0 atom stereocenters. The number of hydrogen-bond acceptors (Lipinski definition) is 2. The molecule has 2 nitrogen and oxygen atoms in total. The van der Waals surface area contributed by atoms with E-state index in [-0.39, 0.29) is 5.97 Å². The van der Waals surface area contributed by atoms with E-state index >= 15 is 0 Å². The largest absolute Gasteiger partial charge is 0.435 e. The fourth-order valence-electron chi connectivity index (χ4n) is 0.344. The van der Waals surface area contributed by atoms with Crippen molar-refractivity contribution in [3.63, 3.8) is 0 Å². The van der Waals surface area contributed by atoms with Gasteiger partial charge in [-0.1, -0.05) is 19.1 Å². The summed E-state index contributed by atoms with van der Waals surface area (Å²) in [7, 11) is 0. The minimum absolute atomic E-state index is 0.305. The minimum Gasteiger partial charge on any atom is -0.435 e. The average molecular weight is 140 g/mol. The maximum absolute atomic E-state index is 10.2. The summed E-state index contributed by atoms with van der Waals surface area (Å²) in [5, 5.41) is 0.